The summed E-state index contributed by atoms with van der Waals surface area (Å²) in [5.41, 5.74) is 0.859. The molecule has 0 spiro atoms. The van der Waals surface area contributed by atoms with E-state index in [2.05, 4.69) is 10.4 Å². The van der Waals surface area contributed by atoms with Crippen molar-refractivity contribution in [2.45, 2.75) is 24.9 Å². The number of nitrogens with zero attached hydrogens (tertiary/aromatic N) is 4. The fraction of sp³-hybridized carbons (Fsp3) is 0.294. The van der Waals surface area contributed by atoms with Crippen molar-refractivity contribution in [1.82, 2.24) is 19.8 Å². The summed E-state index contributed by atoms with van der Waals surface area (Å²) in [6.07, 6.45) is -0.673. The van der Waals surface area contributed by atoms with Crippen molar-refractivity contribution in [1.29, 1.82) is 0 Å². The molecule has 2 bridgehead atoms. The number of carbonyl (C=O) groups is 1. The summed E-state index contributed by atoms with van der Waals surface area (Å²) in [5, 5.41) is 10.6. The molecule has 126 valence electrons. The lowest BCUT2D eigenvalue weighted by Gasteiger charge is -2.25. The van der Waals surface area contributed by atoms with Gasteiger partial charge in [-0.15, -0.1) is 0 Å². The minimum Gasteiger partial charge on any atom is -0.343 e. The Balaban J connectivity index is 1.61. The fourth-order valence-electron chi connectivity index (χ4n) is 3.48. The Morgan fingerprint density at radius 2 is 1.96 bits per heavy atom. The molecule has 25 heavy (non-hydrogen) atoms. The summed E-state index contributed by atoms with van der Waals surface area (Å²) in [7, 11) is 0. The number of aromatic nitrogens is 4. The van der Waals surface area contributed by atoms with E-state index >= 15 is 0 Å². The summed E-state index contributed by atoms with van der Waals surface area (Å²) in [4.78, 5) is 12.0. The molecule has 2 aliphatic heterocycles. The molecule has 3 aromatic rings. The van der Waals surface area contributed by atoms with Crippen LogP contribution in [0.3, 0.4) is 0 Å². The van der Waals surface area contributed by atoms with Gasteiger partial charge in [0, 0.05) is 11.8 Å². The highest BCUT2D eigenvalue weighted by Gasteiger charge is 2.45. The van der Waals surface area contributed by atoms with Gasteiger partial charge in [0.05, 0.1) is 18.3 Å². The van der Waals surface area contributed by atoms with E-state index in [9.17, 15) is 4.79 Å². The van der Waals surface area contributed by atoms with Crippen molar-refractivity contribution in [3.63, 3.8) is 0 Å². The van der Waals surface area contributed by atoms with Gasteiger partial charge in [-0.3, -0.25) is 4.79 Å². The van der Waals surface area contributed by atoms with Gasteiger partial charge in [-0.05, 0) is 34.1 Å². The molecule has 0 unspecified atom stereocenters. The minimum absolute atomic E-state index is 0.0830. The molecular weight excluding hydrogens is 340 g/mol. The highest BCUT2D eigenvalue weighted by atomic mass is 32.1. The average Bonchev–Trinajstić information content (AvgIpc) is 3.23. The first-order chi connectivity index (χ1) is 12.2. The normalized spacial score (nSPS) is 25.6. The van der Waals surface area contributed by atoms with E-state index in [-0.39, 0.29) is 24.3 Å². The van der Waals surface area contributed by atoms with Crippen LogP contribution in [0.15, 0.2) is 42.5 Å². The Kier molecular flexibility index (Phi) is 3.30. The van der Waals surface area contributed by atoms with Gasteiger partial charge < -0.3 is 9.47 Å². The second-order valence-electron chi connectivity index (χ2n) is 6.19. The summed E-state index contributed by atoms with van der Waals surface area (Å²) in [6, 6.07) is 13.7. The van der Waals surface area contributed by atoms with Crippen molar-refractivity contribution in [3.05, 3.63) is 47.2 Å². The van der Waals surface area contributed by atoms with Crippen LogP contribution in [-0.4, -0.2) is 44.6 Å². The van der Waals surface area contributed by atoms with Gasteiger partial charge in [-0.1, -0.05) is 36.4 Å². The fourth-order valence-corrected chi connectivity index (χ4v) is 3.78. The predicted octanol–water partition coefficient (Wildman–Crippen LogP) is 2.21. The number of ether oxygens (including phenoxy) is 2. The maximum atomic E-state index is 12.0. The summed E-state index contributed by atoms with van der Waals surface area (Å²) in [5.74, 6) is -0.0830. The molecule has 1 aromatic heterocycles. The number of rotatable bonds is 2. The van der Waals surface area contributed by atoms with Crippen molar-refractivity contribution in [2.75, 3.05) is 6.61 Å². The Labute approximate surface area is 147 Å². The van der Waals surface area contributed by atoms with Gasteiger partial charge in [0.2, 0.25) is 11.1 Å². The molecule has 2 fully saturated rings. The molecule has 5 rings (SSSR count). The van der Waals surface area contributed by atoms with Crippen LogP contribution >= 0.6 is 12.2 Å². The molecule has 3 atom stereocenters. The van der Waals surface area contributed by atoms with E-state index in [4.69, 9.17) is 21.7 Å². The van der Waals surface area contributed by atoms with Crippen molar-refractivity contribution < 1.29 is 14.3 Å². The zero-order valence-corrected chi connectivity index (χ0v) is 13.9. The molecule has 3 heterocycles. The summed E-state index contributed by atoms with van der Waals surface area (Å²) >= 11 is 5.60. The van der Waals surface area contributed by atoms with E-state index in [0.29, 0.717) is 11.4 Å². The molecule has 8 heteroatoms. The Hall–Kier alpha value is -2.42. The van der Waals surface area contributed by atoms with Crippen LogP contribution in [0.1, 0.15) is 12.5 Å². The van der Waals surface area contributed by atoms with E-state index in [1.54, 1.807) is 9.36 Å². The third kappa shape index (κ3) is 2.25. The predicted molar refractivity (Wildman–Crippen MR) is 91.0 cm³/mol. The van der Waals surface area contributed by atoms with Crippen LogP contribution in [0, 0.1) is 4.77 Å². The maximum absolute atomic E-state index is 12.0. The van der Waals surface area contributed by atoms with E-state index in [1.165, 1.54) is 0 Å². The highest BCUT2D eigenvalue weighted by molar-refractivity contribution is 7.71. The zero-order valence-electron chi connectivity index (χ0n) is 13.1. The van der Waals surface area contributed by atoms with Gasteiger partial charge in [-0.2, -0.15) is 4.68 Å². The van der Waals surface area contributed by atoms with Gasteiger partial charge in [-0.25, -0.2) is 4.68 Å². The monoisotopic (exact) mass is 354 g/mol. The van der Waals surface area contributed by atoms with Crippen molar-refractivity contribution in [2.24, 2.45) is 0 Å². The van der Waals surface area contributed by atoms with Gasteiger partial charge in [0.25, 0.3) is 0 Å². The lowest BCUT2D eigenvalue weighted by Crippen LogP contribution is -2.37. The number of tetrazole rings is 1. The van der Waals surface area contributed by atoms with Gasteiger partial charge >= 0.3 is 0 Å². The standard InChI is InChI=1S/C17H14N4O3S/c22-14-8-13(15-9-23-16(14)24-15)21-17(25)20(18-19-21)12-7-3-5-10-4-1-2-6-11(10)12/h1-7,13,15-16H,8-9H2/t13-,15+,16+/m0/s1. The van der Waals surface area contributed by atoms with E-state index < -0.39 is 6.29 Å². The lowest BCUT2D eigenvalue weighted by atomic mass is 10.0. The average molecular weight is 354 g/mol. The molecule has 2 aromatic carbocycles. The second-order valence-corrected chi connectivity index (χ2v) is 6.56. The van der Waals surface area contributed by atoms with Gasteiger partial charge in [0.1, 0.15) is 6.10 Å². The summed E-state index contributed by atoms with van der Waals surface area (Å²) in [6.45, 7) is 0.365. The largest absolute Gasteiger partial charge is 0.343 e. The molecule has 0 radical (unpaired) electrons. The zero-order chi connectivity index (χ0) is 17.0. The van der Waals surface area contributed by atoms with Crippen LogP contribution in [0.5, 0.6) is 0 Å². The SMILES string of the molecule is O=C1C[C@H](n2nnn(-c3cccc4ccccc34)c2=S)[C@H]2CO[C@@H]1O2. The molecule has 0 aliphatic carbocycles. The van der Waals surface area contributed by atoms with Gasteiger partial charge in [0.15, 0.2) is 5.78 Å². The van der Waals surface area contributed by atoms with Crippen molar-refractivity contribution >= 4 is 28.8 Å². The van der Waals surface area contributed by atoms with E-state index in [0.717, 1.165) is 16.5 Å². The molecule has 0 saturated carbocycles. The number of fused-ring (bicyclic) bond motifs is 3. The minimum atomic E-state index is -0.733. The Bertz CT molecular complexity index is 1040. The molecule has 7 nitrogen and oxygen atoms in total. The van der Waals surface area contributed by atoms with Crippen LogP contribution in [0.25, 0.3) is 16.5 Å². The quantitative estimate of drug-likeness (QED) is 0.657. The second kappa shape index (κ2) is 5.55. The number of Topliss-reactive ketones (excluding diaryl/α,β-unsaturated/α-hetero) is 1. The lowest BCUT2D eigenvalue weighted by molar-refractivity contribution is -0.156. The highest BCUT2D eigenvalue weighted by Crippen LogP contribution is 2.33. The number of hydrogen-bond donors (Lipinski definition) is 0. The number of benzene rings is 2. The molecule has 2 aliphatic rings. The number of carbonyl (C=O) groups excluding carboxylic acids is 1. The maximum Gasteiger partial charge on any atom is 0.221 e. The summed E-state index contributed by atoms with van der Waals surface area (Å²) < 4.78 is 14.6. The topological polar surface area (TPSA) is 71.2 Å². The Morgan fingerprint density at radius 3 is 2.88 bits per heavy atom. The van der Waals surface area contributed by atoms with Crippen LogP contribution < -0.4 is 0 Å². The third-order valence-corrected chi connectivity index (χ3v) is 5.08. The molecule has 0 N–H and O–H groups in total. The first-order valence-corrected chi connectivity index (χ1v) is 8.45. The Morgan fingerprint density at radius 1 is 1.12 bits per heavy atom. The van der Waals surface area contributed by atoms with Crippen LogP contribution in [0.4, 0.5) is 0 Å². The first-order valence-electron chi connectivity index (χ1n) is 8.05. The smallest absolute Gasteiger partial charge is 0.221 e. The number of hydrogen-bond acceptors (Lipinski definition) is 6. The molecule has 0 amide bonds. The van der Waals surface area contributed by atoms with Crippen LogP contribution in [-0.2, 0) is 14.3 Å². The van der Waals surface area contributed by atoms with Crippen molar-refractivity contribution in [3.8, 4) is 5.69 Å². The first kappa shape index (κ1) is 14.9. The number of ketones is 1. The molecule has 2 saturated heterocycles. The third-order valence-electron chi connectivity index (χ3n) is 4.72. The molecular formula is C17H14N4O3S. The van der Waals surface area contributed by atoms with E-state index in [1.807, 2.05) is 42.5 Å². The van der Waals surface area contributed by atoms with Crippen LogP contribution in [0.2, 0.25) is 0 Å².